The zero-order valence-corrected chi connectivity index (χ0v) is 16.6. The van der Waals surface area contributed by atoms with Crippen molar-refractivity contribution in [3.63, 3.8) is 0 Å². The van der Waals surface area contributed by atoms with E-state index in [2.05, 4.69) is 0 Å². The zero-order chi connectivity index (χ0) is 20.7. The molecule has 0 bridgehead atoms. The summed E-state index contributed by atoms with van der Waals surface area (Å²) in [7, 11) is -3.62. The summed E-state index contributed by atoms with van der Waals surface area (Å²) in [6.07, 6.45) is 0.222. The van der Waals surface area contributed by atoms with E-state index < -0.39 is 21.8 Å². The highest BCUT2D eigenvalue weighted by Gasteiger charge is 2.18. The lowest BCUT2D eigenvalue weighted by Gasteiger charge is -2.09. The van der Waals surface area contributed by atoms with Gasteiger partial charge in [0.1, 0.15) is 5.75 Å². The number of carbonyl (C=O) groups excluding carboxylic acids is 1. The first-order valence-corrected chi connectivity index (χ1v) is 10.4. The van der Waals surface area contributed by atoms with Crippen molar-refractivity contribution in [2.24, 2.45) is 0 Å². The second kappa shape index (κ2) is 9.57. The van der Waals surface area contributed by atoms with Crippen molar-refractivity contribution in [2.75, 3.05) is 19.0 Å². The van der Waals surface area contributed by atoms with Gasteiger partial charge in [-0.05, 0) is 55.8 Å². The Bertz CT molecular complexity index is 953. The van der Waals surface area contributed by atoms with Gasteiger partial charge >= 0.3 is 11.9 Å². The van der Waals surface area contributed by atoms with Gasteiger partial charge in [0.2, 0.25) is 0 Å². The van der Waals surface area contributed by atoms with Crippen LogP contribution in [0.2, 0.25) is 5.02 Å². The van der Waals surface area contributed by atoms with E-state index in [1.54, 1.807) is 31.2 Å². The van der Waals surface area contributed by atoms with Gasteiger partial charge in [0, 0.05) is 0 Å². The van der Waals surface area contributed by atoms with Gasteiger partial charge in [-0.2, -0.15) is 0 Å². The summed E-state index contributed by atoms with van der Waals surface area (Å²) in [5.74, 6) is -1.33. The summed E-state index contributed by atoms with van der Waals surface area (Å²) >= 11 is 5.82. The van der Waals surface area contributed by atoms with Gasteiger partial charge in [0.05, 0.1) is 40.0 Å². The molecule has 0 unspecified atom stereocenters. The molecule has 0 radical (unpaired) electrons. The number of hydrogen-bond donors (Lipinski definition) is 1. The Labute approximate surface area is 167 Å². The third kappa shape index (κ3) is 5.71. The van der Waals surface area contributed by atoms with E-state index in [0.29, 0.717) is 11.3 Å². The fourth-order valence-electron chi connectivity index (χ4n) is 2.32. The molecule has 1 N–H and O–H groups in total. The largest absolute Gasteiger partial charge is 0.494 e. The van der Waals surface area contributed by atoms with Crippen LogP contribution in [0.15, 0.2) is 47.4 Å². The molecule has 0 atom stereocenters. The minimum Gasteiger partial charge on any atom is -0.494 e. The van der Waals surface area contributed by atoms with Crippen molar-refractivity contribution in [1.29, 1.82) is 0 Å². The van der Waals surface area contributed by atoms with E-state index in [9.17, 15) is 18.0 Å². The van der Waals surface area contributed by atoms with Gasteiger partial charge < -0.3 is 14.6 Å². The van der Waals surface area contributed by atoms with Gasteiger partial charge in [0.15, 0.2) is 9.84 Å². The van der Waals surface area contributed by atoms with E-state index in [1.807, 2.05) is 0 Å². The Morgan fingerprint density at radius 2 is 1.79 bits per heavy atom. The monoisotopic (exact) mass is 426 g/mol. The number of rotatable bonds is 9. The fraction of sp³-hybridized carbons (Fsp3) is 0.263. The number of esters is 1. The predicted octanol–water partition coefficient (Wildman–Crippen LogP) is 3.46. The Morgan fingerprint density at radius 3 is 2.36 bits per heavy atom. The SMILES string of the molecule is CCOC(=O)c1ccc(OCCCS(=O)(=O)c2ccc(C(=O)O)c(Cl)c2)cc1. The normalized spacial score (nSPS) is 11.1. The molecule has 7 nitrogen and oxygen atoms in total. The van der Waals surface area contributed by atoms with Crippen LogP contribution in [-0.2, 0) is 14.6 Å². The number of aromatic carboxylic acids is 1. The summed E-state index contributed by atoms with van der Waals surface area (Å²) in [5, 5.41) is 8.81. The third-order valence-electron chi connectivity index (χ3n) is 3.72. The molecule has 0 amide bonds. The Morgan fingerprint density at radius 1 is 1.11 bits per heavy atom. The lowest BCUT2D eigenvalue weighted by atomic mass is 10.2. The maximum atomic E-state index is 12.3. The van der Waals surface area contributed by atoms with Gasteiger partial charge in [-0.3, -0.25) is 0 Å². The van der Waals surface area contributed by atoms with E-state index in [0.717, 1.165) is 6.07 Å². The first kappa shape index (κ1) is 21.7. The zero-order valence-electron chi connectivity index (χ0n) is 15.1. The van der Waals surface area contributed by atoms with Crippen LogP contribution in [0.3, 0.4) is 0 Å². The topological polar surface area (TPSA) is 107 Å². The van der Waals surface area contributed by atoms with Gasteiger partial charge in [0.25, 0.3) is 0 Å². The maximum Gasteiger partial charge on any atom is 0.338 e. The Kier molecular flexibility index (Phi) is 7.42. The summed E-state index contributed by atoms with van der Waals surface area (Å²) in [6, 6.07) is 9.86. The lowest BCUT2D eigenvalue weighted by Crippen LogP contribution is -2.11. The smallest absolute Gasteiger partial charge is 0.338 e. The van der Waals surface area contributed by atoms with Crippen molar-refractivity contribution < 1.29 is 32.6 Å². The Hall–Kier alpha value is -2.58. The number of carboxylic acids is 1. The van der Waals surface area contributed by atoms with Crippen LogP contribution in [0.5, 0.6) is 5.75 Å². The number of carboxylic acid groups (broad SMARTS) is 1. The minimum absolute atomic E-state index is 0.0405. The average Bonchev–Trinajstić information content (AvgIpc) is 2.65. The quantitative estimate of drug-likeness (QED) is 0.483. The van der Waals surface area contributed by atoms with Crippen LogP contribution in [-0.4, -0.2) is 44.4 Å². The van der Waals surface area contributed by atoms with Crippen LogP contribution in [0.1, 0.15) is 34.1 Å². The minimum atomic E-state index is -3.62. The van der Waals surface area contributed by atoms with Crippen LogP contribution in [0, 0.1) is 0 Å². The summed E-state index contributed by atoms with van der Waals surface area (Å²) in [6.45, 7) is 2.16. The van der Waals surface area contributed by atoms with Crippen LogP contribution < -0.4 is 4.74 Å². The molecule has 2 aromatic carbocycles. The van der Waals surface area contributed by atoms with Crippen molar-refractivity contribution in [3.05, 3.63) is 58.6 Å². The second-order valence-corrected chi connectivity index (χ2v) is 8.23. The van der Waals surface area contributed by atoms with E-state index >= 15 is 0 Å². The number of halogens is 1. The standard InChI is InChI=1S/C19H19ClO7S/c1-2-26-19(23)13-4-6-14(7-5-13)27-10-3-11-28(24,25)15-8-9-16(18(21)22)17(20)12-15/h4-9,12H,2-3,10-11H2,1H3,(H,21,22). The first-order chi connectivity index (χ1) is 13.2. The molecule has 0 saturated carbocycles. The van der Waals surface area contributed by atoms with Crippen molar-refractivity contribution in [1.82, 2.24) is 0 Å². The van der Waals surface area contributed by atoms with Crippen molar-refractivity contribution in [3.8, 4) is 5.75 Å². The van der Waals surface area contributed by atoms with Crippen LogP contribution in [0.25, 0.3) is 0 Å². The highest BCUT2D eigenvalue weighted by atomic mass is 35.5. The van der Waals surface area contributed by atoms with Crippen LogP contribution in [0.4, 0.5) is 0 Å². The van der Waals surface area contributed by atoms with E-state index in [-0.39, 0.29) is 40.9 Å². The highest BCUT2D eigenvalue weighted by molar-refractivity contribution is 7.91. The molecule has 0 aromatic heterocycles. The second-order valence-electron chi connectivity index (χ2n) is 5.71. The molecule has 0 aliphatic rings. The molecule has 0 fully saturated rings. The van der Waals surface area contributed by atoms with Gasteiger partial charge in [-0.25, -0.2) is 18.0 Å². The van der Waals surface area contributed by atoms with Crippen molar-refractivity contribution in [2.45, 2.75) is 18.2 Å². The molecular formula is C19H19ClO7S. The van der Waals surface area contributed by atoms with Crippen molar-refractivity contribution >= 4 is 33.4 Å². The Balaban J connectivity index is 1.89. The molecule has 150 valence electrons. The summed E-state index contributed by atoms with van der Waals surface area (Å²) in [4.78, 5) is 22.5. The molecule has 0 aliphatic heterocycles. The molecular weight excluding hydrogens is 408 g/mol. The number of carbonyl (C=O) groups is 2. The maximum absolute atomic E-state index is 12.3. The molecule has 0 aliphatic carbocycles. The molecule has 28 heavy (non-hydrogen) atoms. The average molecular weight is 427 g/mol. The first-order valence-electron chi connectivity index (χ1n) is 8.40. The molecule has 2 aromatic rings. The molecule has 0 saturated heterocycles. The summed E-state index contributed by atoms with van der Waals surface area (Å²) in [5.41, 5.74) is 0.244. The lowest BCUT2D eigenvalue weighted by molar-refractivity contribution is 0.0525. The van der Waals surface area contributed by atoms with E-state index in [4.69, 9.17) is 26.2 Å². The molecule has 9 heteroatoms. The number of benzene rings is 2. The third-order valence-corrected chi connectivity index (χ3v) is 5.83. The predicted molar refractivity (Wildman–Crippen MR) is 103 cm³/mol. The molecule has 2 rings (SSSR count). The number of hydrogen-bond acceptors (Lipinski definition) is 6. The fourth-order valence-corrected chi connectivity index (χ4v) is 3.95. The number of ether oxygens (including phenoxy) is 2. The molecule has 0 spiro atoms. The van der Waals surface area contributed by atoms with E-state index in [1.165, 1.54) is 12.1 Å². The van der Waals surface area contributed by atoms with Gasteiger partial charge in [-0.1, -0.05) is 11.6 Å². The van der Waals surface area contributed by atoms with Crippen LogP contribution >= 0.6 is 11.6 Å². The highest BCUT2D eigenvalue weighted by Crippen LogP contribution is 2.22. The molecule has 0 heterocycles. The van der Waals surface area contributed by atoms with Gasteiger partial charge in [-0.15, -0.1) is 0 Å². The number of sulfone groups is 1. The summed E-state index contributed by atoms with van der Waals surface area (Å²) < 4.78 is 35.1.